The fourth-order valence-electron chi connectivity index (χ4n) is 2.09. The first-order valence-corrected chi connectivity index (χ1v) is 6.73. The monoisotopic (exact) mass is 282 g/mol. The van der Waals surface area contributed by atoms with Crippen LogP contribution in [0.4, 0.5) is 4.39 Å². The maximum absolute atomic E-state index is 14.1. The number of imidazole rings is 1. The molecule has 1 unspecified atom stereocenters. The molecule has 0 bridgehead atoms. The molecule has 0 fully saturated rings. The minimum Gasteiger partial charge on any atom is -0.490 e. The summed E-state index contributed by atoms with van der Waals surface area (Å²) in [7, 11) is 0. The maximum atomic E-state index is 14.1. The van der Waals surface area contributed by atoms with Crippen molar-refractivity contribution >= 4 is 0 Å². The van der Waals surface area contributed by atoms with Gasteiger partial charge in [-0.25, -0.2) is 9.37 Å². The molecule has 0 amide bonds. The summed E-state index contributed by atoms with van der Waals surface area (Å²) in [6.45, 7) is -0.00353. The third kappa shape index (κ3) is 3.28. The Bertz CT molecular complexity index is 683. The molecule has 2 aromatic carbocycles. The summed E-state index contributed by atoms with van der Waals surface area (Å²) in [6.07, 6.45) is 2.22. The van der Waals surface area contributed by atoms with Crippen molar-refractivity contribution in [2.45, 2.75) is 6.17 Å². The van der Waals surface area contributed by atoms with E-state index in [9.17, 15) is 4.39 Å². The number of alkyl halides is 1. The molecule has 1 aromatic heterocycles. The Morgan fingerprint density at radius 1 is 1.10 bits per heavy atom. The molecule has 106 valence electrons. The molecule has 3 rings (SSSR count). The van der Waals surface area contributed by atoms with E-state index in [0.717, 1.165) is 11.3 Å². The van der Waals surface area contributed by atoms with E-state index in [-0.39, 0.29) is 6.61 Å². The lowest BCUT2D eigenvalue weighted by atomic mass is 10.1. The van der Waals surface area contributed by atoms with Gasteiger partial charge in [0.15, 0.2) is 6.17 Å². The van der Waals surface area contributed by atoms with Gasteiger partial charge in [0.2, 0.25) is 0 Å². The quantitative estimate of drug-likeness (QED) is 0.762. The molecule has 1 heterocycles. The third-order valence-corrected chi connectivity index (χ3v) is 3.20. The first kappa shape index (κ1) is 13.4. The Kier molecular flexibility index (Phi) is 3.96. The predicted octanol–water partition coefficient (Wildman–Crippen LogP) is 4.17. The van der Waals surface area contributed by atoms with E-state index >= 15 is 0 Å². The van der Waals surface area contributed by atoms with E-state index in [1.54, 1.807) is 24.7 Å². The van der Waals surface area contributed by atoms with Crippen LogP contribution in [0, 0.1) is 0 Å². The lowest BCUT2D eigenvalue weighted by Gasteiger charge is -2.11. The fraction of sp³-hybridized carbons (Fsp3) is 0.118. The second-order valence-electron chi connectivity index (χ2n) is 4.68. The van der Waals surface area contributed by atoms with Gasteiger partial charge >= 0.3 is 0 Å². The average molecular weight is 282 g/mol. The van der Waals surface area contributed by atoms with Crippen molar-refractivity contribution in [2.24, 2.45) is 0 Å². The molecule has 3 nitrogen and oxygen atoms in total. The molecular formula is C17H15FN2O. The Hall–Kier alpha value is -2.62. The topological polar surface area (TPSA) is 37.9 Å². The van der Waals surface area contributed by atoms with E-state index in [2.05, 4.69) is 9.97 Å². The van der Waals surface area contributed by atoms with Gasteiger partial charge in [0, 0.05) is 5.56 Å². The van der Waals surface area contributed by atoms with Crippen LogP contribution in [0.15, 0.2) is 67.1 Å². The number of aromatic amines is 1. The van der Waals surface area contributed by atoms with Gasteiger partial charge in [-0.2, -0.15) is 0 Å². The number of nitrogens with one attached hydrogen (secondary N) is 1. The summed E-state index contributed by atoms with van der Waals surface area (Å²) in [6, 6.07) is 16.5. The molecule has 0 aliphatic carbocycles. The summed E-state index contributed by atoms with van der Waals surface area (Å²) >= 11 is 0. The highest BCUT2D eigenvalue weighted by Gasteiger charge is 2.10. The highest BCUT2D eigenvalue weighted by atomic mass is 19.1. The van der Waals surface area contributed by atoms with Gasteiger partial charge in [-0.3, -0.25) is 0 Å². The van der Waals surface area contributed by atoms with Crippen LogP contribution in [0.3, 0.4) is 0 Å². The number of aromatic nitrogens is 2. The lowest BCUT2D eigenvalue weighted by Crippen LogP contribution is -2.05. The predicted molar refractivity (Wildman–Crippen MR) is 79.8 cm³/mol. The number of hydrogen-bond donors (Lipinski definition) is 1. The molecule has 0 spiro atoms. The SMILES string of the molecule is FC(COc1cccc(-c2cnc[nH]2)c1)c1ccccc1. The lowest BCUT2D eigenvalue weighted by molar-refractivity contribution is 0.198. The van der Waals surface area contributed by atoms with Crippen LogP contribution in [-0.2, 0) is 0 Å². The molecule has 0 radical (unpaired) electrons. The largest absolute Gasteiger partial charge is 0.490 e. The zero-order valence-electron chi connectivity index (χ0n) is 11.4. The van der Waals surface area contributed by atoms with Gasteiger partial charge in [0.05, 0.1) is 18.2 Å². The summed E-state index contributed by atoms with van der Waals surface area (Å²) < 4.78 is 19.6. The van der Waals surface area contributed by atoms with Crippen molar-refractivity contribution in [1.29, 1.82) is 0 Å². The molecule has 0 aliphatic rings. The van der Waals surface area contributed by atoms with Crippen molar-refractivity contribution in [3.63, 3.8) is 0 Å². The van der Waals surface area contributed by atoms with Crippen LogP contribution >= 0.6 is 0 Å². The van der Waals surface area contributed by atoms with Crippen molar-refractivity contribution in [2.75, 3.05) is 6.61 Å². The van der Waals surface area contributed by atoms with Crippen molar-refractivity contribution in [3.05, 3.63) is 72.7 Å². The van der Waals surface area contributed by atoms with E-state index in [1.165, 1.54) is 0 Å². The van der Waals surface area contributed by atoms with Crippen LogP contribution in [0.25, 0.3) is 11.3 Å². The molecule has 0 aliphatic heterocycles. The zero-order chi connectivity index (χ0) is 14.5. The van der Waals surface area contributed by atoms with Crippen LogP contribution in [0.2, 0.25) is 0 Å². The van der Waals surface area contributed by atoms with E-state index < -0.39 is 6.17 Å². The molecule has 3 aromatic rings. The fourth-order valence-corrected chi connectivity index (χ4v) is 2.09. The minimum atomic E-state index is -1.14. The number of ether oxygens (including phenoxy) is 1. The second kappa shape index (κ2) is 6.22. The van der Waals surface area contributed by atoms with Crippen molar-refractivity contribution in [3.8, 4) is 17.0 Å². The van der Waals surface area contributed by atoms with Gasteiger partial charge in [0.25, 0.3) is 0 Å². The van der Waals surface area contributed by atoms with Gasteiger partial charge < -0.3 is 9.72 Å². The number of halogens is 1. The van der Waals surface area contributed by atoms with Gasteiger partial charge in [-0.15, -0.1) is 0 Å². The smallest absolute Gasteiger partial charge is 0.159 e. The van der Waals surface area contributed by atoms with Gasteiger partial charge in [-0.1, -0.05) is 42.5 Å². The molecule has 0 saturated heterocycles. The summed E-state index contributed by atoms with van der Waals surface area (Å²) in [5.41, 5.74) is 2.49. The normalized spacial score (nSPS) is 12.0. The number of rotatable bonds is 5. The van der Waals surface area contributed by atoms with Crippen LogP contribution in [0.1, 0.15) is 11.7 Å². The third-order valence-electron chi connectivity index (χ3n) is 3.20. The molecule has 4 heteroatoms. The van der Waals surface area contributed by atoms with Gasteiger partial charge in [-0.05, 0) is 17.7 Å². The summed E-state index contributed by atoms with van der Waals surface area (Å²) in [5, 5.41) is 0. The molecule has 1 atom stereocenters. The average Bonchev–Trinajstić information content (AvgIpc) is 3.08. The van der Waals surface area contributed by atoms with E-state index in [1.807, 2.05) is 42.5 Å². The highest BCUT2D eigenvalue weighted by molar-refractivity contribution is 5.60. The second-order valence-corrected chi connectivity index (χ2v) is 4.68. The number of hydrogen-bond acceptors (Lipinski definition) is 2. The Morgan fingerprint density at radius 2 is 1.95 bits per heavy atom. The number of nitrogens with zero attached hydrogens (tertiary/aromatic N) is 1. The Balaban J connectivity index is 1.67. The van der Waals surface area contributed by atoms with Crippen LogP contribution < -0.4 is 4.74 Å². The van der Waals surface area contributed by atoms with E-state index in [4.69, 9.17) is 4.74 Å². The molecule has 21 heavy (non-hydrogen) atoms. The Morgan fingerprint density at radius 3 is 2.71 bits per heavy atom. The van der Waals surface area contributed by atoms with Crippen molar-refractivity contribution < 1.29 is 9.13 Å². The highest BCUT2D eigenvalue weighted by Crippen LogP contribution is 2.24. The van der Waals surface area contributed by atoms with Gasteiger partial charge in [0.1, 0.15) is 12.4 Å². The first-order chi connectivity index (χ1) is 10.3. The first-order valence-electron chi connectivity index (χ1n) is 6.73. The standard InChI is InChI=1S/C17H15FN2O/c18-16(13-5-2-1-3-6-13)11-21-15-8-4-7-14(9-15)17-10-19-12-20-17/h1-10,12,16H,11H2,(H,19,20). The van der Waals surface area contributed by atoms with E-state index in [0.29, 0.717) is 11.3 Å². The number of H-pyrrole nitrogens is 1. The summed E-state index contributed by atoms with van der Waals surface area (Å²) in [4.78, 5) is 7.02. The van der Waals surface area contributed by atoms with Crippen molar-refractivity contribution in [1.82, 2.24) is 9.97 Å². The Labute approximate surface area is 122 Å². The molecule has 1 N–H and O–H groups in total. The summed E-state index contributed by atoms with van der Waals surface area (Å²) in [5.74, 6) is 0.640. The number of benzene rings is 2. The van der Waals surface area contributed by atoms with Crippen LogP contribution in [0.5, 0.6) is 5.75 Å². The molecular weight excluding hydrogens is 267 g/mol. The molecule has 0 saturated carbocycles. The van der Waals surface area contributed by atoms with Crippen LogP contribution in [-0.4, -0.2) is 16.6 Å². The maximum Gasteiger partial charge on any atom is 0.159 e. The zero-order valence-corrected chi connectivity index (χ0v) is 11.4. The minimum absolute atomic E-state index is 0.00353.